The lowest BCUT2D eigenvalue weighted by atomic mass is 9.44. The fourth-order valence-electron chi connectivity index (χ4n) is 5.56. The van der Waals surface area contributed by atoms with Crippen LogP contribution in [-0.2, 0) is 0 Å². The first-order chi connectivity index (χ1) is 14.6. The Morgan fingerprint density at radius 3 is 2.32 bits per heavy atom. The molecule has 3 saturated carbocycles. The van der Waals surface area contributed by atoms with Crippen molar-refractivity contribution in [2.24, 2.45) is 23.2 Å². The summed E-state index contributed by atoms with van der Waals surface area (Å²) < 4.78 is 0. The Morgan fingerprint density at radius 2 is 1.74 bits per heavy atom. The zero-order valence-electron chi connectivity index (χ0n) is 18.3. The maximum atomic E-state index is 13.1. The molecule has 3 fully saturated rings. The number of nitrogens with one attached hydrogen (secondary N) is 1. The first-order valence-corrected chi connectivity index (χ1v) is 11.5. The number of hydrogen-bond acceptors (Lipinski definition) is 2. The molecule has 4 atom stereocenters. The van der Waals surface area contributed by atoms with Crippen molar-refractivity contribution in [3.8, 4) is 0 Å². The number of carbonyl (C=O) groups is 2. The van der Waals surface area contributed by atoms with Gasteiger partial charge in [-0.15, -0.1) is 0 Å². The summed E-state index contributed by atoms with van der Waals surface area (Å²) in [5.41, 5.74) is 1.96. The van der Waals surface area contributed by atoms with Crippen LogP contribution in [0, 0.1) is 23.2 Å². The normalized spacial score (nSPS) is 26.0. The molecule has 4 nitrogen and oxygen atoms in total. The maximum absolute atomic E-state index is 13.1. The standard InChI is InChI=1S/C25H28Cl2N2O2/c1-14-20-11-16(25(20,2)3)12-22(14)29(4)24(31)15-5-8-18(9-6-15)28-23(30)19-10-7-17(26)13-21(19)27/h5-10,13-14,16,20,22H,11-12H2,1-4H3,(H,28,30)/t14-,16-,20+,22-/m1/s1. The average molecular weight is 459 g/mol. The monoisotopic (exact) mass is 458 g/mol. The lowest BCUT2D eigenvalue weighted by Crippen LogP contribution is -2.60. The van der Waals surface area contributed by atoms with Gasteiger partial charge in [0.05, 0.1) is 10.6 Å². The van der Waals surface area contributed by atoms with Gasteiger partial charge in [-0.2, -0.15) is 0 Å². The molecule has 1 N–H and O–H groups in total. The SMILES string of the molecule is C[C@H]1[C@H](N(C)C(=O)c2ccc(NC(=O)c3ccc(Cl)cc3Cl)cc2)C[C@H]2C[C@@H]1C2(C)C. The van der Waals surface area contributed by atoms with E-state index in [1.54, 1.807) is 36.4 Å². The van der Waals surface area contributed by atoms with Crippen LogP contribution in [0.4, 0.5) is 5.69 Å². The van der Waals surface area contributed by atoms with Crippen molar-refractivity contribution < 1.29 is 9.59 Å². The second kappa shape index (κ2) is 8.14. The minimum atomic E-state index is -0.323. The Balaban J connectivity index is 1.42. The average Bonchev–Trinajstić information content (AvgIpc) is 2.72. The molecule has 3 aliphatic rings. The minimum Gasteiger partial charge on any atom is -0.338 e. The molecule has 2 bridgehead atoms. The summed E-state index contributed by atoms with van der Waals surface area (Å²) in [5, 5.41) is 3.58. The van der Waals surface area contributed by atoms with Gasteiger partial charge in [0.15, 0.2) is 0 Å². The number of rotatable bonds is 4. The first-order valence-electron chi connectivity index (χ1n) is 10.7. The highest BCUT2D eigenvalue weighted by Gasteiger charge is 2.57. The highest BCUT2D eigenvalue weighted by molar-refractivity contribution is 6.37. The van der Waals surface area contributed by atoms with Crippen LogP contribution in [-0.4, -0.2) is 29.8 Å². The molecule has 0 aliphatic heterocycles. The number of benzene rings is 2. The van der Waals surface area contributed by atoms with Crippen LogP contribution in [0.3, 0.4) is 0 Å². The zero-order valence-corrected chi connectivity index (χ0v) is 19.8. The summed E-state index contributed by atoms with van der Waals surface area (Å²) in [5.74, 6) is 1.58. The predicted octanol–water partition coefficient (Wildman–Crippen LogP) is 6.39. The van der Waals surface area contributed by atoms with Crippen molar-refractivity contribution in [2.75, 3.05) is 12.4 Å². The van der Waals surface area contributed by atoms with Gasteiger partial charge in [-0.05, 0) is 78.5 Å². The van der Waals surface area contributed by atoms with Crippen molar-refractivity contribution in [2.45, 2.75) is 39.7 Å². The van der Waals surface area contributed by atoms with E-state index in [-0.39, 0.29) is 17.9 Å². The van der Waals surface area contributed by atoms with E-state index in [0.717, 1.165) is 6.42 Å². The molecular weight excluding hydrogens is 431 g/mol. The fraction of sp³-hybridized carbons (Fsp3) is 0.440. The van der Waals surface area contributed by atoms with Gasteiger partial charge in [0, 0.05) is 29.4 Å². The number of hydrogen-bond donors (Lipinski definition) is 1. The number of fused-ring (bicyclic) bond motifs is 2. The third-order valence-electron chi connectivity index (χ3n) is 7.70. The van der Waals surface area contributed by atoms with E-state index in [2.05, 4.69) is 26.1 Å². The Labute approximate surface area is 193 Å². The number of halogens is 2. The van der Waals surface area contributed by atoms with Gasteiger partial charge in [-0.25, -0.2) is 0 Å². The summed E-state index contributed by atoms with van der Waals surface area (Å²) in [6, 6.07) is 12.0. The molecule has 3 aliphatic carbocycles. The summed E-state index contributed by atoms with van der Waals surface area (Å²) in [6.45, 7) is 7.02. The van der Waals surface area contributed by atoms with Crippen molar-refractivity contribution in [1.29, 1.82) is 0 Å². The van der Waals surface area contributed by atoms with Gasteiger partial charge in [-0.3, -0.25) is 9.59 Å². The van der Waals surface area contributed by atoms with E-state index in [9.17, 15) is 9.59 Å². The largest absolute Gasteiger partial charge is 0.338 e. The van der Waals surface area contributed by atoms with Crippen LogP contribution in [0.2, 0.25) is 10.0 Å². The van der Waals surface area contributed by atoms with E-state index < -0.39 is 0 Å². The first kappa shape index (κ1) is 22.2. The highest BCUT2D eigenvalue weighted by atomic mass is 35.5. The van der Waals surface area contributed by atoms with E-state index in [4.69, 9.17) is 23.2 Å². The maximum Gasteiger partial charge on any atom is 0.257 e. The number of anilines is 1. The zero-order chi connectivity index (χ0) is 22.5. The van der Waals surface area contributed by atoms with E-state index in [1.165, 1.54) is 12.5 Å². The number of nitrogens with zero attached hydrogens (tertiary/aromatic N) is 1. The van der Waals surface area contributed by atoms with Crippen LogP contribution >= 0.6 is 23.2 Å². The number of carbonyl (C=O) groups excluding carboxylic acids is 2. The summed E-state index contributed by atoms with van der Waals surface area (Å²) in [6.07, 6.45) is 2.36. The molecule has 6 heteroatoms. The highest BCUT2D eigenvalue weighted by Crippen LogP contribution is 2.61. The van der Waals surface area contributed by atoms with Gasteiger partial charge in [0.25, 0.3) is 11.8 Å². The van der Waals surface area contributed by atoms with Gasteiger partial charge < -0.3 is 10.2 Å². The van der Waals surface area contributed by atoms with Crippen LogP contribution in [0.1, 0.15) is 54.3 Å². The smallest absolute Gasteiger partial charge is 0.257 e. The Kier molecular flexibility index (Phi) is 5.82. The Hall–Kier alpha value is -2.04. The molecule has 0 spiro atoms. The fourth-order valence-corrected chi connectivity index (χ4v) is 6.05. The molecule has 164 valence electrons. The molecular formula is C25H28Cl2N2O2. The molecule has 0 aromatic heterocycles. The van der Waals surface area contributed by atoms with E-state index in [1.807, 2.05) is 11.9 Å². The van der Waals surface area contributed by atoms with Crippen molar-refractivity contribution in [1.82, 2.24) is 4.90 Å². The lowest BCUT2D eigenvalue weighted by molar-refractivity contribution is -0.129. The summed E-state index contributed by atoms with van der Waals surface area (Å²) >= 11 is 12.0. The number of amides is 2. The van der Waals surface area contributed by atoms with Gasteiger partial charge in [0.1, 0.15) is 0 Å². The van der Waals surface area contributed by atoms with Crippen LogP contribution < -0.4 is 5.32 Å². The molecule has 2 amide bonds. The third-order valence-corrected chi connectivity index (χ3v) is 8.25. The molecule has 2 aromatic rings. The van der Waals surface area contributed by atoms with E-state index >= 15 is 0 Å². The second-order valence-corrected chi connectivity index (χ2v) is 10.4. The molecule has 0 heterocycles. The molecule has 0 saturated heterocycles. The molecule has 0 unspecified atom stereocenters. The summed E-state index contributed by atoms with van der Waals surface area (Å²) in [7, 11) is 1.92. The predicted molar refractivity (Wildman–Crippen MR) is 126 cm³/mol. The molecule has 2 aromatic carbocycles. The third kappa shape index (κ3) is 3.96. The molecule has 5 rings (SSSR count). The summed E-state index contributed by atoms with van der Waals surface area (Å²) in [4.78, 5) is 27.5. The quantitative estimate of drug-likeness (QED) is 0.576. The van der Waals surface area contributed by atoms with Crippen LogP contribution in [0.15, 0.2) is 42.5 Å². The van der Waals surface area contributed by atoms with Gasteiger partial charge in [-0.1, -0.05) is 44.0 Å². The minimum absolute atomic E-state index is 0.0228. The van der Waals surface area contributed by atoms with Crippen molar-refractivity contribution in [3.05, 3.63) is 63.6 Å². The molecule has 0 radical (unpaired) electrons. The van der Waals surface area contributed by atoms with Crippen LogP contribution in [0.25, 0.3) is 0 Å². The van der Waals surface area contributed by atoms with E-state index in [0.29, 0.717) is 50.0 Å². The van der Waals surface area contributed by atoms with Gasteiger partial charge in [0.2, 0.25) is 0 Å². The van der Waals surface area contributed by atoms with Crippen molar-refractivity contribution in [3.63, 3.8) is 0 Å². The molecule has 31 heavy (non-hydrogen) atoms. The lowest BCUT2D eigenvalue weighted by Gasteiger charge is -2.63. The Morgan fingerprint density at radius 1 is 1.06 bits per heavy atom. The van der Waals surface area contributed by atoms with Gasteiger partial charge >= 0.3 is 0 Å². The second-order valence-electron chi connectivity index (χ2n) is 9.59. The van der Waals surface area contributed by atoms with Crippen LogP contribution in [0.5, 0.6) is 0 Å². The Bertz CT molecular complexity index is 1020. The van der Waals surface area contributed by atoms with Crippen molar-refractivity contribution >= 4 is 40.7 Å². The topological polar surface area (TPSA) is 49.4 Å².